The van der Waals surface area contributed by atoms with Crippen LogP contribution in [0, 0.1) is 0 Å². The molecular weight excluding hydrogens is 253 g/mol. The molecule has 0 amide bonds. The van der Waals surface area contributed by atoms with Crippen LogP contribution in [0.2, 0.25) is 0 Å². The molecule has 0 aliphatic carbocycles. The third-order valence-electron chi connectivity index (χ3n) is 2.74. The highest BCUT2D eigenvalue weighted by atomic mass is 19.4. The Hall–Kier alpha value is -2.01. The Labute approximate surface area is 109 Å². The van der Waals surface area contributed by atoms with Crippen LogP contribution >= 0.6 is 0 Å². The molecule has 19 heavy (non-hydrogen) atoms. The molecule has 2 nitrogen and oxygen atoms in total. The van der Waals surface area contributed by atoms with Gasteiger partial charge in [-0.3, -0.25) is 0 Å². The van der Waals surface area contributed by atoms with E-state index in [0.717, 1.165) is 11.6 Å². The van der Waals surface area contributed by atoms with E-state index in [1.54, 1.807) is 30.3 Å². The Kier molecular flexibility index (Phi) is 3.76. The maximum Gasteiger partial charge on any atom is 0.418 e. The van der Waals surface area contributed by atoms with Crippen LogP contribution in [0.15, 0.2) is 48.5 Å². The van der Waals surface area contributed by atoms with Gasteiger partial charge < -0.3 is 11.1 Å². The van der Waals surface area contributed by atoms with Gasteiger partial charge in [-0.25, -0.2) is 0 Å². The van der Waals surface area contributed by atoms with E-state index in [4.69, 9.17) is 5.73 Å². The Morgan fingerprint density at radius 2 is 1.47 bits per heavy atom. The standard InChI is InChI=1S/C14H13F3N2/c15-14(16,17)11-6-2-4-8-13(11)19-12-7-3-1-5-10(12)9-18/h1-8,19H,9,18H2. The summed E-state index contributed by atoms with van der Waals surface area (Å²) in [5, 5.41) is 2.80. The Bertz CT molecular complexity index is 565. The van der Waals surface area contributed by atoms with E-state index in [2.05, 4.69) is 5.32 Å². The van der Waals surface area contributed by atoms with Crippen molar-refractivity contribution in [2.75, 3.05) is 5.32 Å². The summed E-state index contributed by atoms with van der Waals surface area (Å²) in [6.45, 7) is 0.261. The third-order valence-corrected chi connectivity index (χ3v) is 2.74. The normalized spacial score (nSPS) is 11.4. The lowest BCUT2D eigenvalue weighted by Gasteiger charge is -2.16. The predicted molar refractivity (Wildman–Crippen MR) is 69.1 cm³/mol. The van der Waals surface area contributed by atoms with Gasteiger partial charge in [0, 0.05) is 12.2 Å². The van der Waals surface area contributed by atoms with Gasteiger partial charge in [0.05, 0.1) is 11.3 Å². The highest BCUT2D eigenvalue weighted by Crippen LogP contribution is 2.36. The SMILES string of the molecule is NCc1ccccc1Nc1ccccc1C(F)(F)F. The number of alkyl halides is 3. The molecule has 0 fully saturated rings. The zero-order valence-electron chi connectivity index (χ0n) is 10.0. The molecule has 3 N–H and O–H groups in total. The lowest BCUT2D eigenvalue weighted by molar-refractivity contribution is -0.136. The van der Waals surface area contributed by atoms with Crippen molar-refractivity contribution in [2.45, 2.75) is 12.7 Å². The number of hydrogen-bond acceptors (Lipinski definition) is 2. The van der Waals surface area contributed by atoms with Gasteiger partial charge >= 0.3 is 6.18 Å². The highest BCUT2D eigenvalue weighted by molar-refractivity contribution is 5.66. The van der Waals surface area contributed by atoms with Gasteiger partial charge in [-0.05, 0) is 23.8 Å². The van der Waals surface area contributed by atoms with E-state index >= 15 is 0 Å². The van der Waals surface area contributed by atoms with Crippen molar-refractivity contribution in [2.24, 2.45) is 5.73 Å². The van der Waals surface area contributed by atoms with Crippen LogP contribution < -0.4 is 11.1 Å². The molecule has 0 saturated heterocycles. The second kappa shape index (κ2) is 5.32. The van der Waals surface area contributed by atoms with E-state index in [9.17, 15) is 13.2 Å². The van der Waals surface area contributed by atoms with Gasteiger partial charge in [-0.1, -0.05) is 30.3 Å². The van der Waals surface area contributed by atoms with Crippen LogP contribution in [0.4, 0.5) is 24.5 Å². The topological polar surface area (TPSA) is 38.0 Å². The number of para-hydroxylation sites is 2. The molecule has 0 saturated carbocycles. The number of anilines is 2. The first-order valence-corrected chi connectivity index (χ1v) is 5.73. The first kappa shape index (κ1) is 13.4. The van der Waals surface area contributed by atoms with Crippen LogP contribution in [0.3, 0.4) is 0 Å². The van der Waals surface area contributed by atoms with Gasteiger partial charge in [0.2, 0.25) is 0 Å². The number of hydrogen-bond donors (Lipinski definition) is 2. The average molecular weight is 266 g/mol. The molecule has 0 aromatic heterocycles. The van der Waals surface area contributed by atoms with Crippen molar-refractivity contribution < 1.29 is 13.2 Å². The fraction of sp³-hybridized carbons (Fsp3) is 0.143. The summed E-state index contributed by atoms with van der Waals surface area (Å²) in [7, 11) is 0. The lowest BCUT2D eigenvalue weighted by atomic mass is 10.1. The smallest absolute Gasteiger partial charge is 0.355 e. The van der Waals surface area contributed by atoms with Crippen LogP contribution in [0.25, 0.3) is 0 Å². The van der Waals surface area contributed by atoms with E-state index in [0.29, 0.717) is 5.69 Å². The number of benzene rings is 2. The number of nitrogens with one attached hydrogen (secondary N) is 1. The monoisotopic (exact) mass is 266 g/mol. The highest BCUT2D eigenvalue weighted by Gasteiger charge is 2.33. The minimum atomic E-state index is -4.39. The molecule has 0 spiro atoms. The second-order valence-electron chi connectivity index (χ2n) is 4.03. The van der Waals surface area contributed by atoms with Crippen LogP contribution in [-0.4, -0.2) is 0 Å². The predicted octanol–water partition coefficient (Wildman–Crippen LogP) is 3.91. The first-order chi connectivity index (χ1) is 9.02. The summed E-state index contributed by atoms with van der Waals surface area (Å²) >= 11 is 0. The molecule has 0 aliphatic heterocycles. The molecule has 2 rings (SSSR count). The summed E-state index contributed by atoms with van der Waals surface area (Å²) in [5.74, 6) is 0. The Morgan fingerprint density at radius 3 is 2.11 bits per heavy atom. The molecule has 0 aliphatic rings. The van der Waals surface area contributed by atoms with Crippen molar-refractivity contribution in [3.63, 3.8) is 0 Å². The largest absolute Gasteiger partial charge is 0.418 e. The van der Waals surface area contributed by atoms with E-state index in [1.165, 1.54) is 12.1 Å². The summed E-state index contributed by atoms with van der Waals surface area (Å²) in [5.41, 5.74) is 6.25. The third kappa shape index (κ3) is 3.06. The molecule has 0 radical (unpaired) electrons. The molecular formula is C14H13F3N2. The zero-order chi connectivity index (χ0) is 13.9. The fourth-order valence-corrected chi connectivity index (χ4v) is 1.80. The molecule has 0 bridgehead atoms. The fourth-order valence-electron chi connectivity index (χ4n) is 1.80. The number of halogens is 3. The quantitative estimate of drug-likeness (QED) is 0.884. The molecule has 5 heteroatoms. The zero-order valence-corrected chi connectivity index (χ0v) is 10.0. The van der Waals surface area contributed by atoms with Gasteiger partial charge in [-0.2, -0.15) is 13.2 Å². The van der Waals surface area contributed by atoms with Gasteiger partial charge in [0.25, 0.3) is 0 Å². The second-order valence-corrected chi connectivity index (χ2v) is 4.03. The van der Waals surface area contributed by atoms with Gasteiger partial charge in [0.1, 0.15) is 0 Å². The first-order valence-electron chi connectivity index (χ1n) is 5.73. The minimum absolute atomic E-state index is 0.0240. The maximum atomic E-state index is 12.9. The summed E-state index contributed by atoms with van der Waals surface area (Å²) in [6.07, 6.45) is -4.39. The summed E-state index contributed by atoms with van der Waals surface area (Å²) < 4.78 is 38.6. The minimum Gasteiger partial charge on any atom is -0.355 e. The van der Waals surface area contributed by atoms with Gasteiger partial charge in [0.15, 0.2) is 0 Å². The van der Waals surface area contributed by atoms with E-state index in [1.807, 2.05) is 0 Å². The van der Waals surface area contributed by atoms with Crippen molar-refractivity contribution in [1.29, 1.82) is 0 Å². The van der Waals surface area contributed by atoms with Crippen molar-refractivity contribution in [3.8, 4) is 0 Å². The molecule has 0 unspecified atom stereocenters. The number of nitrogens with two attached hydrogens (primary N) is 1. The summed E-state index contributed by atoms with van der Waals surface area (Å²) in [6, 6.07) is 12.4. The maximum absolute atomic E-state index is 12.9. The Balaban J connectivity index is 2.39. The van der Waals surface area contributed by atoms with E-state index < -0.39 is 11.7 Å². The van der Waals surface area contributed by atoms with Crippen LogP contribution in [-0.2, 0) is 12.7 Å². The van der Waals surface area contributed by atoms with Crippen LogP contribution in [0.1, 0.15) is 11.1 Å². The molecule has 2 aromatic carbocycles. The van der Waals surface area contributed by atoms with E-state index in [-0.39, 0.29) is 12.2 Å². The van der Waals surface area contributed by atoms with Crippen molar-refractivity contribution >= 4 is 11.4 Å². The number of rotatable bonds is 3. The molecule has 0 heterocycles. The van der Waals surface area contributed by atoms with Crippen molar-refractivity contribution in [3.05, 3.63) is 59.7 Å². The van der Waals surface area contributed by atoms with Crippen molar-refractivity contribution in [1.82, 2.24) is 0 Å². The van der Waals surface area contributed by atoms with Gasteiger partial charge in [-0.15, -0.1) is 0 Å². The molecule has 100 valence electrons. The molecule has 0 atom stereocenters. The lowest BCUT2D eigenvalue weighted by Crippen LogP contribution is -2.09. The average Bonchev–Trinajstić information content (AvgIpc) is 2.39. The van der Waals surface area contributed by atoms with Crippen LogP contribution in [0.5, 0.6) is 0 Å². The molecule has 2 aromatic rings. The summed E-state index contributed by atoms with van der Waals surface area (Å²) in [4.78, 5) is 0. The Morgan fingerprint density at radius 1 is 0.895 bits per heavy atom.